The molecule has 0 radical (unpaired) electrons. The van der Waals surface area contributed by atoms with Crippen molar-refractivity contribution in [2.45, 2.75) is 52.4 Å². The third-order valence-corrected chi connectivity index (χ3v) is 4.64. The van der Waals surface area contributed by atoms with Crippen LogP contribution in [-0.4, -0.2) is 0 Å². The zero-order valence-electron chi connectivity index (χ0n) is 14.0. The normalized spacial score (nSPS) is 11.6. The molecule has 0 saturated heterocycles. The molecule has 0 aliphatic heterocycles. The van der Waals surface area contributed by atoms with Crippen molar-refractivity contribution < 1.29 is 0 Å². The van der Waals surface area contributed by atoms with Gasteiger partial charge in [0.15, 0.2) is 0 Å². The second-order valence-corrected chi connectivity index (χ2v) is 6.72. The van der Waals surface area contributed by atoms with Crippen molar-refractivity contribution in [1.82, 2.24) is 0 Å². The zero-order valence-corrected chi connectivity index (χ0v) is 14.0. The van der Waals surface area contributed by atoms with Gasteiger partial charge in [0.25, 0.3) is 0 Å². The first-order valence-corrected chi connectivity index (χ1v) is 8.64. The van der Waals surface area contributed by atoms with E-state index in [-0.39, 0.29) is 0 Å². The Labute approximate surface area is 134 Å². The van der Waals surface area contributed by atoms with Gasteiger partial charge in [-0.05, 0) is 57.9 Å². The zero-order chi connectivity index (χ0) is 15.5. The summed E-state index contributed by atoms with van der Waals surface area (Å²) in [5.74, 6) is 0.568. The number of hydrogen-bond donors (Lipinski definition) is 0. The molecular formula is C22H26. The van der Waals surface area contributed by atoms with Crippen LogP contribution in [0.1, 0.15) is 57.1 Å². The predicted octanol–water partition coefficient (Wildman–Crippen LogP) is 6.80. The molecule has 0 bridgehead atoms. The van der Waals surface area contributed by atoms with Crippen molar-refractivity contribution in [3.63, 3.8) is 0 Å². The van der Waals surface area contributed by atoms with Crippen molar-refractivity contribution in [2.75, 3.05) is 0 Å². The Morgan fingerprint density at radius 1 is 0.909 bits per heavy atom. The molecule has 0 N–H and O–H groups in total. The largest absolute Gasteiger partial charge is 0.0654 e. The van der Waals surface area contributed by atoms with Gasteiger partial charge >= 0.3 is 0 Å². The van der Waals surface area contributed by atoms with Gasteiger partial charge in [0.05, 0.1) is 0 Å². The first-order valence-electron chi connectivity index (χ1n) is 8.64. The van der Waals surface area contributed by atoms with E-state index in [2.05, 4.69) is 69.3 Å². The van der Waals surface area contributed by atoms with Crippen LogP contribution in [0.25, 0.3) is 21.9 Å². The number of rotatable bonds is 5. The molecule has 2 aliphatic carbocycles. The van der Waals surface area contributed by atoms with Gasteiger partial charge in [0.2, 0.25) is 0 Å². The van der Waals surface area contributed by atoms with Crippen LogP contribution in [0.15, 0.2) is 48.5 Å². The Kier molecular flexibility index (Phi) is 4.47. The van der Waals surface area contributed by atoms with Gasteiger partial charge in [-0.2, -0.15) is 0 Å². The molecule has 2 aliphatic rings. The van der Waals surface area contributed by atoms with Crippen molar-refractivity contribution >= 4 is 10.8 Å². The molecule has 0 unspecified atom stereocenters. The van der Waals surface area contributed by atoms with E-state index in [4.69, 9.17) is 0 Å². The Morgan fingerprint density at radius 3 is 2.55 bits per heavy atom. The molecule has 1 aromatic rings. The van der Waals surface area contributed by atoms with E-state index in [9.17, 15) is 0 Å². The van der Waals surface area contributed by atoms with Gasteiger partial charge in [-0.3, -0.25) is 0 Å². The Hall–Kier alpha value is -1.82. The number of aryl methyl sites for hydroxylation is 1. The molecular weight excluding hydrogens is 264 g/mol. The highest BCUT2D eigenvalue weighted by Gasteiger charge is 2.10. The lowest BCUT2D eigenvalue weighted by Crippen LogP contribution is -1.84. The molecule has 0 amide bonds. The standard InChI is InChI=1S/C22H26/c1-4-5-6-8-17-11-12-19-15-20-14-18(16(2)3)9-7-10-21(20)22(19)13-17/h7,9-16H,4-6,8H2,1-3H3. The van der Waals surface area contributed by atoms with Crippen LogP contribution in [0.2, 0.25) is 0 Å². The van der Waals surface area contributed by atoms with E-state index >= 15 is 0 Å². The van der Waals surface area contributed by atoms with Crippen LogP contribution < -0.4 is 0 Å². The van der Waals surface area contributed by atoms with E-state index in [0.29, 0.717) is 5.92 Å². The van der Waals surface area contributed by atoms with Gasteiger partial charge in [0.1, 0.15) is 0 Å². The quantitative estimate of drug-likeness (QED) is 0.453. The van der Waals surface area contributed by atoms with Crippen LogP contribution in [0.4, 0.5) is 0 Å². The highest BCUT2D eigenvalue weighted by atomic mass is 14.1. The summed E-state index contributed by atoms with van der Waals surface area (Å²) in [6, 6.07) is 18.4. The lowest BCUT2D eigenvalue weighted by molar-refractivity contribution is 0.718. The van der Waals surface area contributed by atoms with Gasteiger partial charge < -0.3 is 0 Å². The summed E-state index contributed by atoms with van der Waals surface area (Å²) < 4.78 is 0. The van der Waals surface area contributed by atoms with E-state index in [1.54, 1.807) is 0 Å². The molecule has 114 valence electrons. The molecule has 0 fully saturated rings. The van der Waals surface area contributed by atoms with Crippen LogP contribution in [-0.2, 0) is 6.42 Å². The van der Waals surface area contributed by atoms with Crippen LogP contribution in [0.3, 0.4) is 0 Å². The van der Waals surface area contributed by atoms with Crippen molar-refractivity contribution in [3.8, 4) is 11.1 Å². The average molecular weight is 290 g/mol. The molecule has 0 heteroatoms. The summed E-state index contributed by atoms with van der Waals surface area (Å²) in [4.78, 5) is 0. The minimum atomic E-state index is 0.568. The lowest BCUT2D eigenvalue weighted by Gasteiger charge is -2.02. The highest BCUT2D eigenvalue weighted by molar-refractivity contribution is 6.02. The molecule has 22 heavy (non-hydrogen) atoms. The van der Waals surface area contributed by atoms with E-state index in [1.807, 2.05) is 0 Å². The summed E-state index contributed by atoms with van der Waals surface area (Å²) in [5, 5.41) is 2.78. The summed E-state index contributed by atoms with van der Waals surface area (Å²) >= 11 is 0. The number of unbranched alkanes of at least 4 members (excludes halogenated alkanes) is 2. The van der Waals surface area contributed by atoms with Crippen molar-refractivity contribution in [2.24, 2.45) is 0 Å². The number of benzene rings is 1. The smallest absolute Gasteiger partial charge is 0.0102 e. The van der Waals surface area contributed by atoms with Gasteiger partial charge in [0, 0.05) is 0 Å². The lowest BCUT2D eigenvalue weighted by atomic mass is 10.0. The molecule has 0 nitrogen and oxygen atoms in total. The second kappa shape index (κ2) is 6.52. The minimum absolute atomic E-state index is 0.568. The van der Waals surface area contributed by atoms with Crippen LogP contribution in [0, 0.1) is 0 Å². The number of hydrogen-bond acceptors (Lipinski definition) is 0. The third-order valence-electron chi connectivity index (χ3n) is 4.64. The monoisotopic (exact) mass is 290 g/mol. The third kappa shape index (κ3) is 3.02. The Bertz CT molecular complexity index is 736. The topological polar surface area (TPSA) is 0 Å². The highest BCUT2D eigenvalue weighted by Crippen LogP contribution is 2.35. The molecule has 0 aromatic heterocycles. The second-order valence-electron chi connectivity index (χ2n) is 6.72. The Balaban J connectivity index is 2.02. The predicted molar refractivity (Wildman–Crippen MR) is 97.9 cm³/mol. The number of fused-ring (bicyclic) bond motifs is 3. The molecule has 0 atom stereocenters. The molecule has 0 spiro atoms. The Morgan fingerprint density at radius 2 is 1.77 bits per heavy atom. The van der Waals surface area contributed by atoms with Gasteiger partial charge in [-0.1, -0.05) is 76.1 Å². The van der Waals surface area contributed by atoms with E-state index in [0.717, 1.165) is 0 Å². The van der Waals surface area contributed by atoms with Crippen molar-refractivity contribution in [3.05, 3.63) is 59.7 Å². The SMILES string of the molecule is CCCCCc1ccc2cc3cc(C(C)C)cccc-3c2c1. The maximum atomic E-state index is 2.41. The summed E-state index contributed by atoms with van der Waals surface area (Å²) in [7, 11) is 0. The average Bonchev–Trinajstić information content (AvgIpc) is 2.70. The fourth-order valence-corrected chi connectivity index (χ4v) is 3.25. The van der Waals surface area contributed by atoms with Crippen LogP contribution in [0.5, 0.6) is 0 Å². The summed E-state index contributed by atoms with van der Waals surface area (Å²) in [5.41, 5.74) is 5.64. The maximum Gasteiger partial charge on any atom is -0.0102 e. The van der Waals surface area contributed by atoms with Gasteiger partial charge in [-0.15, -0.1) is 0 Å². The van der Waals surface area contributed by atoms with Crippen LogP contribution >= 0.6 is 0 Å². The maximum absolute atomic E-state index is 2.41. The first-order chi connectivity index (χ1) is 10.7. The summed E-state index contributed by atoms with van der Waals surface area (Å²) in [6.45, 7) is 6.78. The first kappa shape index (κ1) is 15.1. The molecule has 3 rings (SSSR count). The van der Waals surface area contributed by atoms with Gasteiger partial charge in [-0.25, -0.2) is 0 Å². The molecule has 1 aromatic carbocycles. The molecule has 0 saturated carbocycles. The molecule has 0 heterocycles. The van der Waals surface area contributed by atoms with Crippen molar-refractivity contribution in [1.29, 1.82) is 0 Å². The fourth-order valence-electron chi connectivity index (χ4n) is 3.25. The minimum Gasteiger partial charge on any atom is -0.0654 e. The summed E-state index contributed by atoms with van der Waals surface area (Å²) in [6.07, 6.45) is 5.11. The van der Waals surface area contributed by atoms with E-state index < -0.39 is 0 Å². The fraction of sp³-hybridized carbons (Fsp3) is 0.364. The van der Waals surface area contributed by atoms with E-state index in [1.165, 1.54) is 58.7 Å².